The molecule has 1 heterocycles. The molecule has 2 aromatic rings. The lowest BCUT2D eigenvalue weighted by Gasteiger charge is -2.24. The zero-order valence-electron chi connectivity index (χ0n) is 19.7. The molecule has 0 saturated carbocycles. The van der Waals surface area contributed by atoms with Crippen molar-refractivity contribution in [3.63, 3.8) is 0 Å². The number of aliphatic carboxylic acids is 1. The van der Waals surface area contributed by atoms with Crippen molar-refractivity contribution in [3.05, 3.63) is 36.0 Å². The summed E-state index contributed by atoms with van der Waals surface area (Å²) in [7, 11) is 0. The summed E-state index contributed by atoms with van der Waals surface area (Å²) in [5.41, 5.74) is 7.52. The van der Waals surface area contributed by atoms with Crippen molar-refractivity contribution in [2.75, 3.05) is 11.5 Å². The van der Waals surface area contributed by atoms with Crippen LogP contribution in [0.5, 0.6) is 0 Å². The summed E-state index contributed by atoms with van der Waals surface area (Å²) in [6, 6.07) is 3.28. The number of carboxylic acids is 1. The van der Waals surface area contributed by atoms with Gasteiger partial charge in [0.1, 0.15) is 18.1 Å². The molecule has 4 unspecified atom stereocenters. The smallest absolute Gasteiger partial charge is 0.327 e. The fourth-order valence-corrected chi connectivity index (χ4v) is 4.05. The van der Waals surface area contributed by atoms with Crippen LogP contribution in [-0.2, 0) is 25.6 Å². The van der Waals surface area contributed by atoms with Crippen LogP contribution < -0.4 is 21.7 Å². The van der Waals surface area contributed by atoms with Crippen molar-refractivity contribution < 1.29 is 24.3 Å². The lowest BCUT2D eigenvalue weighted by atomic mass is 10.0. The molecule has 0 saturated heterocycles. The maximum atomic E-state index is 13.0. The normalized spacial score (nSPS) is 14.7. The molecule has 0 bridgehead atoms. The number of nitrogens with two attached hydrogens (primary N) is 1. The van der Waals surface area contributed by atoms with Crippen molar-refractivity contribution >= 4 is 59.9 Å². The second-order valence-corrected chi connectivity index (χ2v) is 9.42. The molecule has 2 rings (SSSR count). The first-order valence-electron chi connectivity index (χ1n) is 11.2. The third-order valence-corrected chi connectivity index (χ3v) is 6.14. The number of carboxylic acid groups (broad SMARTS) is 1. The largest absolute Gasteiger partial charge is 0.480 e. The molecule has 0 aliphatic heterocycles. The predicted molar refractivity (Wildman–Crippen MR) is 141 cm³/mol. The van der Waals surface area contributed by atoms with Gasteiger partial charge >= 0.3 is 5.97 Å². The maximum absolute atomic E-state index is 13.0. The molecule has 35 heavy (non-hydrogen) atoms. The number of thiol groups is 2. The minimum atomic E-state index is -1.25. The molecule has 1 aromatic carbocycles. The summed E-state index contributed by atoms with van der Waals surface area (Å²) >= 11 is 8.14. The number of benzene rings is 1. The number of carbonyl (C=O) groups is 4. The van der Waals surface area contributed by atoms with Crippen LogP contribution in [0.15, 0.2) is 30.5 Å². The minimum absolute atomic E-state index is 0.0260. The van der Waals surface area contributed by atoms with Crippen molar-refractivity contribution in [1.29, 1.82) is 0 Å². The van der Waals surface area contributed by atoms with Crippen molar-refractivity contribution in [1.82, 2.24) is 20.9 Å². The number of aromatic nitrogens is 1. The van der Waals surface area contributed by atoms with Gasteiger partial charge in [0, 0.05) is 35.0 Å². The number of nitrogens with one attached hydrogen (secondary N) is 4. The Bertz CT molecular complexity index is 1040. The van der Waals surface area contributed by atoms with E-state index in [0.717, 1.165) is 16.5 Å². The Balaban J connectivity index is 2.22. The van der Waals surface area contributed by atoms with E-state index in [2.05, 4.69) is 46.2 Å². The highest BCUT2D eigenvalue weighted by molar-refractivity contribution is 7.80. The van der Waals surface area contributed by atoms with E-state index in [0.29, 0.717) is 6.42 Å². The molecule has 7 N–H and O–H groups in total. The van der Waals surface area contributed by atoms with E-state index in [4.69, 9.17) is 5.73 Å². The lowest BCUT2D eigenvalue weighted by molar-refractivity contribution is -0.141. The summed E-state index contributed by atoms with van der Waals surface area (Å²) in [4.78, 5) is 53.0. The van der Waals surface area contributed by atoms with Gasteiger partial charge in [-0.15, -0.1) is 0 Å². The first kappa shape index (κ1) is 28.5. The molecule has 3 amide bonds. The standard InChI is InChI=1S/C23H33N5O5S2/c1-12(2)7-15(24)20(29)27-18(10-34)22(31)26-17(21(30)28-19(11-35)23(32)33)8-13-9-25-16-6-4-3-5-14(13)16/h3-6,9,12,15,17-19,25,34-35H,7-8,10-11,24H2,1-2H3,(H,26,31)(H,27,29)(H,28,30)(H,32,33). The number of amides is 3. The van der Waals surface area contributed by atoms with Gasteiger partial charge in [-0.1, -0.05) is 32.0 Å². The van der Waals surface area contributed by atoms with Gasteiger partial charge in [0.05, 0.1) is 6.04 Å². The van der Waals surface area contributed by atoms with Crippen LogP contribution in [0.3, 0.4) is 0 Å². The van der Waals surface area contributed by atoms with Crippen LogP contribution in [0, 0.1) is 5.92 Å². The number of hydrogen-bond acceptors (Lipinski definition) is 7. The number of fused-ring (bicyclic) bond motifs is 1. The first-order chi connectivity index (χ1) is 16.6. The number of hydrogen-bond donors (Lipinski definition) is 8. The molecule has 10 nitrogen and oxygen atoms in total. The van der Waals surface area contributed by atoms with Crippen LogP contribution in [0.25, 0.3) is 10.9 Å². The van der Waals surface area contributed by atoms with E-state index in [1.165, 1.54) is 0 Å². The summed E-state index contributed by atoms with van der Waals surface area (Å²) in [6.07, 6.45) is 2.26. The Morgan fingerprint density at radius 1 is 0.943 bits per heavy atom. The minimum Gasteiger partial charge on any atom is -0.480 e. The fraction of sp³-hybridized carbons (Fsp3) is 0.478. The number of carbonyl (C=O) groups excluding carboxylic acids is 3. The third-order valence-electron chi connectivity index (χ3n) is 5.41. The van der Waals surface area contributed by atoms with E-state index in [1.807, 2.05) is 38.1 Å². The van der Waals surface area contributed by atoms with Gasteiger partial charge in [0.15, 0.2) is 0 Å². The molecule has 12 heteroatoms. The predicted octanol–water partition coefficient (Wildman–Crippen LogP) is 0.482. The molecule has 0 aliphatic carbocycles. The molecule has 1 aromatic heterocycles. The van der Waals surface area contributed by atoms with Crippen LogP contribution in [0.1, 0.15) is 25.8 Å². The lowest BCUT2D eigenvalue weighted by Crippen LogP contribution is -2.58. The zero-order chi connectivity index (χ0) is 26.1. The molecule has 4 atom stereocenters. The van der Waals surface area contributed by atoms with E-state index in [9.17, 15) is 24.3 Å². The Morgan fingerprint density at radius 2 is 1.51 bits per heavy atom. The highest BCUT2D eigenvalue weighted by atomic mass is 32.1. The SMILES string of the molecule is CC(C)CC(N)C(=O)NC(CS)C(=O)NC(Cc1c[nH]c2ccccc12)C(=O)NC(CS)C(=O)O. The van der Waals surface area contributed by atoms with E-state index in [1.54, 1.807) is 6.20 Å². The van der Waals surface area contributed by atoms with Gasteiger partial charge in [0.25, 0.3) is 0 Å². The van der Waals surface area contributed by atoms with Gasteiger partial charge in [0.2, 0.25) is 17.7 Å². The summed E-state index contributed by atoms with van der Waals surface area (Å²) in [6.45, 7) is 3.86. The van der Waals surface area contributed by atoms with Crippen molar-refractivity contribution in [3.8, 4) is 0 Å². The van der Waals surface area contributed by atoms with Gasteiger partial charge < -0.3 is 31.8 Å². The maximum Gasteiger partial charge on any atom is 0.327 e. The molecule has 0 spiro atoms. The Hall–Kier alpha value is -2.70. The number of aromatic amines is 1. The monoisotopic (exact) mass is 523 g/mol. The summed E-state index contributed by atoms with van der Waals surface area (Å²) in [5, 5.41) is 17.8. The Kier molecular flexibility index (Phi) is 10.9. The average Bonchev–Trinajstić information content (AvgIpc) is 3.22. The van der Waals surface area contributed by atoms with Crippen molar-refractivity contribution in [2.24, 2.45) is 11.7 Å². The van der Waals surface area contributed by atoms with Crippen LogP contribution in [-0.4, -0.2) is 69.5 Å². The second-order valence-electron chi connectivity index (χ2n) is 8.69. The highest BCUT2D eigenvalue weighted by Gasteiger charge is 2.30. The summed E-state index contributed by atoms with van der Waals surface area (Å²) < 4.78 is 0. The molecular weight excluding hydrogens is 490 g/mol. The molecular formula is C23H33N5O5S2. The van der Waals surface area contributed by atoms with Gasteiger partial charge in [-0.05, 0) is 24.0 Å². The van der Waals surface area contributed by atoms with Crippen molar-refractivity contribution in [2.45, 2.75) is 50.9 Å². The Morgan fingerprint density at radius 3 is 2.11 bits per heavy atom. The molecule has 192 valence electrons. The molecule has 0 fully saturated rings. The van der Waals surface area contributed by atoms with Gasteiger partial charge in [-0.25, -0.2) is 4.79 Å². The van der Waals surface area contributed by atoms with E-state index >= 15 is 0 Å². The van der Waals surface area contributed by atoms with Crippen LogP contribution >= 0.6 is 25.3 Å². The van der Waals surface area contributed by atoms with E-state index in [-0.39, 0.29) is 23.8 Å². The van der Waals surface area contributed by atoms with Gasteiger partial charge in [-0.3, -0.25) is 14.4 Å². The second kappa shape index (κ2) is 13.4. The molecule has 0 radical (unpaired) electrons. The van der Waals surface area contributed by atoms with Crippen LogP contribution in [0.4, 0.5) is 0 Å². The third kappa shape index (κ3) is 8.18. The quantitative estimate of drug-likeness (QED) is 0.178. The van der Waals surface area contributed by atoms with Crippen LogP contribution in [0.2, 0.25) is 0 Å². The number of para-hydroxylation sites is 1. The summed E-state index contributed by atoms with van der Waals surface area (Å²) in [5.74, 6) is -3.03. The first-order valence-corrected chi connectivity index (χ1v) is 12.5. The number of H-pyrrole nitrogens is 1. The average molecular weight is 524 g/mol. The van der Waals surface area contributed by atoms with Gasteiger partial charge in [-0.2, -0.15) is 25.3 Å². The fourth-order valence-electron chi connectivity index (χ4n) is 3.55. The molecule has 0 aliphatic rings. The topological polar surface area (TPSA) is 166 Å². The number of rotatable bonds is 13. The van der Waals surface area contributed by atoms with E-state index < -0.39 is 47.9 Å². The zero-order valence-corrected chi connectivity index (χ0v) is 21.4. The highest BCUT2D eigenvalue weighted by Crippen LogP contribution is 2.19. The Labute approximate surface area is 215 Å².